The second kappa shape index (κ2) is 15.8. The molecular weight excluding hydrogens is 564 g/mol. The number of rotatable bonds is 17. The van der Waals surface area contributed by atoms with Crippen LogP contribution in [0.2, 0.25) is 0 Å². The van der Waals surface area contributed by atoms with Gasteiger partial charge in [0.15, 0.2) is 18.9 Å². The highest BCUT2D eigenvalue weighted by Gasteiger charge is 2.61. The van der Waals surface area contributed by atoms with Crippen LogP contribution in [-0.4, -0.2) is 56.5 Å². The molecule has 0 aliphatic heterocycles. The van der Waals surface area contributed by atoms with Crippen molar-refractivity contribution in [2.75, 3.05) is 19.8 Å². The van der Waals surface area contributed by atoms with Crippen LogP contribution >= 0.6 is 0 Å². The van der Waals surface area contributed by atoms with Gasteiger partial charge in [0.05, 0.1) is 17.8 Å². The zero-order valence-corrected chi connectivity index (χ0v) is 31.0. The van der Waals surface area contributed by atoms with Crippen LogP contribution in [-0.2, 0) is 28.4 Å². The van der Waals surface area contributed by atoms with Crippen LogP contribution in [0.25, 0.3) is 0 Å². The normalized spacial score (nSPS) is 37.6. The third kappa shape index (κ3) is 8.39. The zero-order valence-electron chi connectivity index (χ0n) is 31.0. The average Bonchev–Trinajstić information content (AvgIpc) is 3.31. The Balaban J connectivity index is 1.46. The highest BCUT2D eigenvalue weighted by atomic mass is 16.7. The number of hydrogen-bond donors (Lipinski definition) is 0. The molecule has 4 aliphatic carbocycles. The molecule has 0 heterocycles. The first-order valence-corrected chi connectivity index (χ1v) is 18.8. The molecular formula is C39H70O6. The maximum Gasteiger partial charge on any atom is 0.155 e. The molecule has 0 radical (unpaired) electrons. The van der Waals surface area contributed by atoms with E-state index in [2.05, 4.69) is 54.5 Å². The van der Waals surface area contributed by atoms with Gasteiger partial charge in [-0.1, -0.05) is 45.3 Å². The SMILES string of the molecule is CCOC(C)O[C@@H]1CC2=CC[C@H]3[C@@H]4CC[C@H]([C@H](C)CCCC(C)(C)OC(C)OCC)[C@@]4(C)CC[C@@H]3[C@@]2(C)[C@@H](OC(C)OCC)C1. The average molecular weight is 635 g/mol. The summed E-state index contributed by atoms with van der Waals surface area (Å²) < 4.78 is 36.9. The van der Waals surface area contributed by atoms with Crippen LogP contribution in [0.15, 0.2) is 11.6 Å². The summed E-state index contributed by atoms with van der Waals surface area (Å²) in [7, 11) is 0. The van der Waals surface area contributed by atoms with Crippen LogP contribution in [0.4, 0.5) is 0 Å². The van der Waals surface area contributed by atoms with Crippen molar-refractivity contribution in [3.05, 3.63) is 11.6 Å². The number of ether oxygens (including phenoxy) is 6. The van der Waals surface area contributed by atoms with Crippen molar-refractivity contribution >= 4 is 0 Å². The Morgan fingerprint density at radius 2 is 1.49 bits per heavy atom. The summed E-state index contributed by atoms with van der Waals surface area (Å²) in [6.07, 6.45) is 14.3. The van der Waals surface area contributed by atoms with Gasteiger partial charge in [-0.05, 0) is 135 Å². The molecule has 3 fully saturated rings. The van der Waals surface area contributed by atoms with Crippen molar-refractivity contribution in [2.24, 2.45) is 40.4 Å². The van der Waals surface area contributed by atoms with Crippen molar-refractivity contribution in [2.45, 2.75) is 177 Å². The number of hydrogen-bond acceptors (Lipinski definition) is 6. The Bertz CT molecular complexity index is 950. The van der Waals surface area contributed by atoms with Gasteiger partial charge in [0.1, 0.15) is 0 Å². The van der Waals surface area contributed by atoms with Crippen LogP contribution in [0.5, 0.6) is 0 Å². The van der Waals surface area contributed by atoms with Crippen LogP contribution in [0.3, 0.4) is 0 Å². The van der Waals surface area contributed by atoms with E-state index in [1.165, 1.54) is 44.9 Å². The third-order valence-electron chi connectivity index (χ3n) is 12.8. The van der Waals surface area contributed by atoms with E-state index in [1.54, 1.807) is 5.57 Å². The predicted molar refractivity (Wildman–Crippen MR) is 182 cm³/mol. The predicted octanol–water partition coefficient (Wildman–Crippen LogP) is 9.69. The molecule has 4 aliphatic rings. The Morgan fingerprint density at radius 3 is 2.16 bits per heavy atom. The van der Waals surface area contributed by atoms with Gasteiger partial charge in [0.2, 0.25) is 0 Å². The van der Waals surface area contributed by atoms with Crippen molar-refractivity contribution in [3.8, 4) is 0 Å². The fourth-order valence-corrected chi connectivity index (χ4v) is 10.8. The molecule has 6 nitrogen and oxygen atoms in total. The lowest BCUT2D eigenvalue weighted by Crippen LogP contribution is -2.57. The van der Waals surface area contributed by atoms with Crippen molar-refractivity contribution in [3.63, 3.8) is 0 Å². The molecule has 262 valence electrons. The maximum absolute atomic E-state index is 6.83. The van der Waals surface area contributed by atoms with Gasteiger partial charge >= 0.3 is 0 Å². The molecule has 0 bridgehead atoms. The Kier molecular flexibility index (Phi) is 13.1. The fraction of sp³-hybridized carbons (Fsp3) is 0.949. The van der Waals surface area contributed by atoms with Crippen LogP contribution < -0.4 is 0 Å². The molecule has 4 rings (SSSR count). The fourth-order valence-electron chi connectivity index (χ4n) is 10.8. The first-order valence-electron chi connectivity index (χ1n) is 18.8. The van der Waals surface area contributed by atoms with E-state index in [9.17, 15) is 0 Å². The first-order chi connectivity index (χ1) is 21.3. The van der Waals surface area contributed by atoms with Gasteiger partial charge in [0.25, 0.3) is 0 Å². The Labute approximate surface area is 277 Å². The molecule has 0 aromatic rings. The molecule has 3 unspecified atom stereocenters. The molecule has 0 spiro atoms. The minimum absolute atomic E-state index is 0.0260. The van der Waals surface area contributed by atoms with Crippen molar-refractivity contribution < 1.29 is 28.4 Å². The summed E-state index contributed by atoms with van der Waals surface area (Å²) in [5.74, 6) is 3.73. The van der Waals surface area contributed by atoms with Gasteiger partial charge in [-0.15, -0.1) is 0 Å². The van der Waals surface area contributed by atoms with E-state index in [0.29, 0.717) is 31.2 Å². The molecule has 6 heteroatoms. The first kappa shape index (κ1) is 37.3. The minimum atomic E-state index is -0.218. The highest BCUT2D eigenvalue weighted by Crippen LogP contribution is 2.67. The quantitative estimate of drug-likeness (QED) is 0.117. The molecule has 3 saturated carbocycles. The van der Waals surface area contributed by atoms with Crippen molar-refractivity contribution in [1.29, 1.82) is 0 Å². The monoisotopic (exact) mass is 635 g/mol. The summed E-state index contributed by atoms with van der Waals surface area (Å²) in [4.78, 5) is 0. The smallest absolute Gasteiger partial charge is 0.155 e. The lowest BCUT2D eigenvalue weighted by molar-refractivity contribution is -0.229. The number of fused-ring (bicyclic) bond motifs is 5. The summed E-state index contributed by atoms with van der Waals surface area (Å²) >= 11 is 0. The zero-order chi connectivity index (χ0) is 33.0. The lowest BCUT2D eigenvalue weighted by Gasteiger charge is -2.60. The third-order valence-corrected chi connectivity index (χ3v) is 12.8. The topological polar surface area (TPSA) is 55.4 Å². The van der Waals surface area contributed by atoms with Gasteiger partial charge < -0.3 is 28.4 Å². The molecule has 12 atom stereocenters. The van der Waals surface area contributed by atoms with Gasteiger partial charge in [0, 0.05) is 31.7 Å². The molecule has 45 heavy (non-hydrogen) atoms. The highest BCUT2D eigenvalue weighted by molar-refractivity contribution is 5.28. The van der Waals surface area contributed by atoms with E-state index >= 15 is 0 Å². The van der Waals surface area contributed by atoms with Crippen molar-refractivity contribution in [1.82, 2.24) is 0 Å². The van der Waals surface area contributed by atoms with E-state index < -0.39 is 0 Å². The standard InChI is InChI=1S/C39H70O6/c1-12-40-27(5)43-31-24-30-17-18-32-34-20-19-33(26(4)16-15-22-37(8,9)45-29(7)42-14-3)38(34,10)23-21-35(32)39(30,11)36(25-31)44-28(6)41-13-2/h17,26-29,31-36H,12-16,18-25H2,1-11H3/t26-,27?,28?,29?,31-,32+,33-,34+,35+,36+,38-,39+/m1/s1. The van der Waals surface area contributed by atoms with E-state index in [1.807, 2.05) is 27.7 Å². The second-order valence-corrected chi connectivity index (χ2v) is 16.0. The van der Waals surface area contributed by atoms with Gasteiger partial charge in [-0.3, -0.25) is 0 Å². The summed E-state index contributed by atoms with van der Waals surface area (Å²) in [5.41, 5.74) is 1.87. The number of allylic oxidation sites excluding steroid dienone is 1. The van der Waals surface area contributed by atoms with Gasteiger partial charge in [-0.25, -0.2) is 0 Å². The van der Waals surface area contributed by atoms with Crippen LogP contribution in [0, 0.1) is 40.4 Å². The van der Waals surface area contributed by atoms with E-state index in [0.717, 1.165) is 42.9 Å². The maximum atomic E-state index is 6.83. The molecule has 0 aromatic heterocycles. The van der Waals surface area contributed by atoms with Crippen LogP contribution in [0.1, 0.15) is 140 Å². The summed E-state index contributed by atoms with van der Waals surface area (Å²) in [6, 6.07) is 0. The molecule has 0 amide bonds. The molecule has 0 saturated heterocycles. The van der Waals surface area contributed by atoms with E-state index in [4.69, 9.17) is 28.4 Å². The van der Waals surface area contributed by atoms with Gasteiger partial charge in [-0.2, -0.15) is 0 Å². The summed E-state index contributed by atoms with van der Waals surface area (Å²) in [5, 5.41) is 0. The summed E-state index contributed by atoms with van der Waals surface area (Å²) in [6.45, 7) is 26.4. The molecule has 0 aromatic carbocycles. The Hall–Kier alpha value is -0.500. The second-order valence-electron chi connectivity index (χ2n) is 16.0. The minimum Gasteiger partial charge on any atom is -0.353 e. The lowest BCUT2D eigenvalue weighted by atomic mass is 9.46. The largest absolute Gasteiger partial charge is 0.353 e. The Morgan fingerprint density at radius 1 is 0.844 bits per heavy atom. The molecule has 0 N–H and O–H groups in total. The van der Waals surface area contributed by atoms with E-state index in [-0.39, 0.29) is 42.1 Å².